The van der Waals surface area contributed by atoms with E-state index in [2.05, 4.69) is 4.74 Å². The molecule has 0 fully saturated rings. The lowest BCUT2D eigenvalue weighted by Crippen LogP contribution is -2.30. The van der Waals surface area contributed by atoms with Gasteiger partial charge in [-0.05, 0) is 12.0 Å². The Balaban J connectivity index is 2.17. The smallest absolute Gasteiger partial charge is 0.376 e. The van der Waals surface area contributed by atoms with E-state index in [9.17, 15) is 13.6 Å². The summed E-state index contributed by atoms with van der Waals surface area (Å²) in [6, 6.07) is 9.43. The van der Waals surface area contributed by atoms with Gasteiger partial charge in [-0.1, -0.05) is 30.3 Å². The summed E-state index contributed by atoms with van der Waals surface area (Å²) >= 11 is 0. The summed E-state index contributed by atoms with van der Waals surface area (Å²) in [5, 5.41) is 0. The van der Waals surface area contributed by atoms with E-state index >= 15 is 0 Å². The Kier molecular flexibility index (Phi) is 5.71. The Bertz CT molecular complexity index is 366. The van der Waals surface area contributed by atoms with Crippen molar-refractivity contribution in [3.63, 3.8) is 0 Å². The molecule has 0 saturated carbocycles. The first kappa shape index (κ1) is 14.6. The predicted molar refractivity (Wildman–Crippen MR) is 62.3 cm³/mol. The Morgan fingerprint density at radius 3 is 2.56 bits per heavy atom. The number of ether oxygens (including phenoxy) is 2. The third-order valence-corrected chi connectivity index (χ3v) is 2.38. The molecule has 0 radical (unpaired) electrons. The fourth-order valence-corrected chi connectivity index (χ4v) is 1.41. The lowest BCUT2D eigenvalue weighted by molar-refractivity contribution is -0.170. The predicted octanol–water partition coefficient (Wildman–Crippen LogP) is 2.79. The summed E-state index contributed by atoms with van der Waals surface area (Å²) in [4.78, 5) is 10.7. The fourth-order valence-electron chi connectivity index (χ4n) is 1.41. The van der Waals surface area contributed by atoms with E-state index in [1.807, 2.05) is 30.3 Å². The van der Waals surface area contributed by atoms with Crippen molar-refractivity contribution < 1.29 is 23.0 Å². The van der Waals surface area contributed by atoms with E-state index in [1.165, 1.54) is 0 Å². The van der Waals surface area contributed by atoms with Gasteiger partial charge in [-0.2, -0.15) is 8.78 Å². The van der Waals surface area contributed by atoms with Crippen LogP contribution in [0.3, 0.4) is 0 Å². The molecule has 0 N–H and O–H groups in total. The number of esters is 1. The summed E-state index contributed by atoms with van der Waals surface area (Å²) in [6.07, 6.45) is -0.455. The summed E-state index contributed by atoms with van der Waals surface area (Å²) in [6.45, 7) is 0.562. The molecule has 0 heterocycles. The molecule has 0 spiro atoms. The van der Waals surface area contributed by atoms with Crippen LogP contribution in [0.4, 0.5) is 8.78 Å². The van der Waals surface area contributed by atoms with Gasteiger partial charge in [0.15, 0.2) is 0 Å². The van der Waals surface area contributed by atoms with Crippen molar-refractivity contribution in [3.8, 4) is 0 Å². The number of rotatable bonds is 7. The quantitative estimate of drug-likeness (QED) is 0.557. The zero-order valence-electron chi connectivity index (χ0n) is 10.2. The second-order valence-corrected chi connectivity index (χ2v) is 3.84. The minimum Gasteiger partial charge on any atom is -0.465 e. The van der Waals surface area contributed by atoms with Gasteiger partial charge in [-0.15, -0.1) is 0 Å². The van der Waals surface area contributed by atoms with E-state index < -0.39 is 18.3 Å². The highest BCUT2D eigenvalue weighted by molar-refractivity contribution is 5.77. The van der Waals surface area contributed by atoms with Crippen LogP contribution in [-0.2, 0) is 20.9 Å². The minimum absolute atomic E-state index is 0.106. The molecule has 0 aliphatic heterocycles. The first-order chi connectivity index (χ1) is 8.56. The third-order valence-electron chi connectivity index (χ3n) is 2.38. The van der Waals surface area contributed by atoms with Crippen LogP contribution in [0.25, 0.3) is 0 Å². The second kappa shape index (κ2) is 7.06. The molecule has 0 bridgehead atoms. The van der Waals surface area contributed by atoms with Gasteiger partial charge in [0.25, 0.3) is 0 Å². The number of benzene rings is 1. The highest BCUT2D eigenvalue weighted by atomic mass is 19.3. The first-order valence-electron chi connectivity index (χ1n) is 5.64. The molecular formula is C13H16F2O3. The zero-order valence-corrected chi connectivity index (χ0v) is 10.2. The standard InChI is InChI=1S/C13H16F2O3/c1-17-12(16)13(14,15)8-5-9-18-10-11-6-3-2-4-7-11/h2-4,6-7H,5,8-10H2,1H3. The number of carbonyl (C=O) groups excluding carboxylic acids is 1. The van der Waals surface area contributed by atoms with Gasteiger partial charge in [-0.25, -0.2) is 4.79 Å². The van der Waals surface area contributed by atoms with Crippen molar-refractivity contribution in [1.82, 2.24) is 0 Å². The monoisotopic (exact) mass is 258 g/mol. The fraction of sp³-hybridized carbons (Fsp3) is 0.462. The molecular weight excluding hydrogens is 242 g/mol. The summed E-state index contributed by atoms with van der Waals surface area (Å²) < 4.78 is 35.3. The molecule has 18 heavy (non-hydrogen) atoms. The molecule has 0 aliphatic rings. The highest BCUT2D eigenvalue weighted by Gasteiger charge is 2.39. The van der Waals surface area contributed by atoms with E-state index in [4.69, 9.17) is 4.74 Å². The topological polar surface area (TPSA) is 35.5 Å². The molecule has 0 unspecified atom stereocenters. The van der Waals surface area contributed by atoms with Crippen LogP contribution < -0.4 is 0 Å². The maximum Gasteiger partial charge on any atom is 0.376 e. The maximum atomic E-state index is 13.0. The average molecular weight is 258 g/mol. The second-order valence-electron chi connectivity index (χ2n) is 3.84. The molecule has 0 saturated heterocycles. The molecule has 1 aromatic rings. The van der Waals surface area contributed by atoms with Crippen molar-refractivity contribution in [2.75, 3.05) is 13.7 Å². The van der Waals surface area contributed by atoms with Gasteiger partial charge >= 0.3 is 11.9 Å². The normalized spacial score (nSPS) is 11.3. The average Bonchev–Trinajstić information content (AvgIpc) is 2.38. The van der Waals surface area contributed by atoms with Gasteiger partial charge < -0.3 is 9.47 Å². The molecule has 3 nitrogen and oxygen atoms in total. The highest BCUT2D eigenvalue weighted by Crippen LogP contribution is 2.21. The number of hydrogen-bond donors (Lipinski definition) is 0. The molecule has 0 atom stereocenters. The van der Waals surface area contributed by atoms with Gasteiger partial charge in [0.2, 0.25) is 0 Å². The number of alkyl halides is 2. The number of halogens is 2. The van der Waals surface area contributed by atoms with Gasteiger partial charge in [0.05, 0.1) is 13.7 Å². The number of methoxy groups -OCH3 is 1. The van der Waals surface area contributed by atoms with E-state index in [-0.39, 0.29) is 13.0 Å². The van der Waals surface area contributed by atoms with Crippen molar-refractivity contribution in [1.29, 1.82) is 0 Å². The Hall–Kier alpha value is -1.49. The largest absolute Gasteiger partial charge is 0.465 e. The van der Waals surface area contributed by atoms with Crippen LogP contribution in [0.15, 0.2) is 30.3 Å². The van der Waals surface area contributed by atoms with Crippen LogP contribution >= 0.6 is 0 Å². The van der Waals surface area contributed by atoms with Crippen molar-refractivity contribution >= 4 is 5.97 Å². The van der Waals surface area contributed by atoms with Crippen LogP contribution in [0.2, 0.25) is 0 Å². The van der Waals surface area contributed by atoms with Crippen molar-refractivity contribution in [2.24, 2.45) is 0 Å². The van der Waals surface area contributed by atoms with Crippen molar-refractivity contribution in [3.05, 3.63) is 35.9 Å². The molecule has 5 heteroatoms. The number of hydrogen-bond acceptors (Lipinski definition) is 3. The van der Waals surface area contributed by atoms with Crippen LogP contribution in [0.1, 0.15) is 18.4 Å². The van der Waals surface area contributed by atoms with Gasteiger partial charge in [-0.3, -0.25) is 0 Å². The number of carbonyl (C=O) groups is 1. The van der Waals surface area contributed by atoms with E-state index in [1.54, 1.807) is 0 Å². The SMILES string of the molecule is COC(=O)C(F)(F)CCCOCc1ccccc1. The molecule has 1 rings (SSSR count). The maximum absolute atomic E-state index is 13.0. The Labute approximate surface area is 105 Å². The molecule has 1 aromatic carbocycles. The Morgan fingerprint density at radius 1 is 1.28 bits per heavy atom. The van der Waals surface area contributed by atoms with E-state index in [0.717, 1.165) is 12.7 Å². The summed E-state index contributed by atoms with van der Waals surface area (Å²) in [5.74, 6) is -4.92. The van der Waals surface area contributed by atoms with E-state index in [0.29, 0.717) is 6.61 Å². The Morgan fingerprint density at radius 2 is 1.94 bits per heavy atom. The van der Waals surface area contributed by atoms with Crippen molar-refractivity contribution in [2.45, 2.75) is 25.4 Å². The minimum atomic E-state index is -3.43. The molecule has 0 amide bonds. The first-order valence-corrected chi connectivity index (χ1v) is 5.64. The zero-order chi connectivity index (χ0) is 13.4. The molecule has 0 aromatic heterocycles. The lowest BCUT2D eigenvalue weighted by atomic mass is 10.2. The lowest BCUT2D eigenvalue weighted by Gasteiger charge is -2.13. The third kappa shape index (κ3) is 4.79. The molecule has 100 valence electrons. The molecule has 0 aliphatic carbocycles. The summed E-state index contributed by atoms with van der Waals surface area (Å²) in [5.41, 5.74) is 0.984. The van der Waals surface area contributed by atoms with Crippen LogP contribution in [0, 0.1) is 0 Å². The van der Waals surface area contributed by atoms with Crippen LogP contribution in [0.5, 0.6) is 0 Å². The van der Waals surface area contributed by atoms with Crippen LogP contribution in [-0.4, -0.2) is 25.6 Å². The summed E-state index contributed by atoms with van der Waals surface area (Å²) in [7, 11) is 0.947. The van der Waals surface area contributed by atoms with Gasteiger partial charge in [0, 0.05) is 13.0 Å². The van der Waals surface area contributed by atoms with Gasteiger partial charge in [0.1, 0.15) is 0 Å².